The Balaban J connectivity index is 1.72. The Kier molecular flexibility index (Phi) is 4.69. The van der Waals surface area contributed by atoms with Crippen LogP contribution >= 0.6 is 0 Å². The second-order valence-corrected chi connectivity index (χ2v) is 12.1. The number of piperidine rings is 1. The van der Waals surface area contributed by atoms with E-state index in [1.165, 1.54) is 0 Å². The highest BCUT2D eigenvalue weighted by atomic mass is 16.5. The summed E-state index contributed by atoms with van der Waals surface area (Å²) in [5, 5.41) is 38.7. The van der Waals surface area contributed by atoms with Crippen molar-refractivity contribution >= 4 is 0 Å². The molecule has 0 aromatic heterocycles. The molecule has 3 N–H and O–H groups in total. The van der Waals surface area contributed by atoms with Crippen LogP contribution < -0.4 is 0 Å². The number of aliphatic hydroxyl groups is 3. The lowest BCUT2D eigenvalue weighted by atomic mass is 9.41. The molecule has 7 bridgehead atoms. The van der Waals surface area contributed by atoms with Gasteiger partial charge in [-0.05, 0) is 31.2 Å². The molecule has 5 aliphatic carbocycles. The third-order valence-electron chi connectivity index (χ3n) is 11.6. The molecule has 1 spiro atoms. The molecule has 1 saturated heterocycles. The first kappa shape index (κ1) is 23.1. The average Bonchev–Trinajstić information content (AvgIpc) is 3.17. The maximum Gasteiger partial charge on any atom is 0.136 e. The van der Waals surface area contributed by atoms with Crippen LogP contribution in [0.25, 0.3) is 0 Å². The van der Waals surface area contributed by atoms with Gasteiger partial charge in [-0.25, -0.2) is 0 Å². The summed E-state index contributed by atoms with van der Waals surface area (Å²) < 4.78 is 24.3. The molecule has 5 saturated carbocycles. The zero-order valence-electron chi connectivity index (χ0n) is 20.8. The van der Waals surface area contributed by atoms with Crippen molar-refractivity contribution < 1.29 is 34.3 Å². The summed E-state index contributed by atoms with van der Waals surface area (Å²) in [7, 11) is 6.66. The molecule has 1 aliphatic heterocycles. The van der Waals surface area contributed by atoms with Gasteiger partial charge in [-0.15, -0.1) is 0 Å². The number of likely N-dealkylation sites (tertiary alicyclic amines) is 1. The molecule has 0 aromatic rings. The van der Waals surface area contributed by atoms with Crippen LogP contribution in [0.15, 0.2) is 0 Å². The molecule has 0 radical (unpaired) electrons. The van der Waals surface area contributed by atoms with Gasteiger partial charge in [0.05, 0.1) is 41.5 Å². The molecular weight excluding hydrogens is 426 g/mol. The zero-order chi connectivity index (χ0) is 23.8. The summed E-state index contributed by atoms with van der Waals surface area (Å²) in [6.07, 6.45) is 0.823. The van der Waals surface area contributed by atoms with Crippen molar-refractivity contribution in [3.8, 4) is 0 Å². The lowest BCUT2D eigenvalue weighted by molar-refractivity contribution is -0.356. The normalized spacial score (nSPS) is 63.2. The van der Waals surface area contributed by atoms with Gasteiger partial charge >= 0.3 is 0 Å². The maximum atomic E-state index is 13.1. The van der Waals surface area contributed by atoms with Gasteiger partial charge in [0.25, 0.3) is 0 Å². The van der Waals surface area contributed by atoms with E-state index < -0.39 is 46.4 Å². The van der Waals surface area contributed by atoms with Crippen molar-refractivity contribution in [3.63, 3.8) is 0 Å². The monoisotopic (exact) mass is 467 g/mol. The van der Waals surface area contributed by atoms with E-state index in [-0.39, 0.29) is 35.9 Å². The van der Waals surface area contributed by atoms with E-state index in [1.807, 2.05) is 0 Å². The number of methoxy groups -OCH3 is 4. The Morgan fingerprint density at radius 3 is 2.21 bits per heavy atom. The molecule has 1 heterocycles. The largest absolute Gasteiger partial charge is 0.389 e. The minimum atomic E-state index is -1.62. The smallest absolute Gasteiger partial charge is 0.136 e. The zero-order valence-corrected chi connectivity index (χ0v) is 20.8. The van der Waals surface area contributed by atoms with Gasteiger partial charge < -0.3 is 34.3 Å². The van der Waals surface area contributed by atoms with Gasteiger partial charge in [0.2, 0.25) is 0 Å². The first-order valence-electron chi connectivity index (χ1n) is 12.6. The quantitative estimate of drug-likeness (QED) is 0.535. The topological polar surface area (TPSA) is 101 Å². The van der Waals surface area contributed by atoms with Crippen LogP contribution in [-0.2, 0) is 18.9 Å². The van der Waals surface area contributed by atoms with Crippen molar-refractivity contribution in [3.05, 3.63) is 0 Å². The number of hydrogen-bond acceptors (Lipinski definition) is 8. The average molecular weight is 468 g/mol. The van der Waals surface area contributed by atoms with Crippen molar-refractivity contribution in [1.29, 1.82) is 0 Å². The molecule has 0 amide bonds. The second-order valence-electron chi connectivity index (χ2n) is 12.1. The number of hydrogen-bond donors (Lipinski definition) is 3. The molecule has 13 atom stereocenters. The number of ether oxygens (including phenoxy) is 4. The SMILES string of the molecule is CCN1C[C@]2(C)CC[C@H](OC)[C@]34C1[C@](O)([C@@H](OC)[C@H]23)[C@@]1(O)C[C@H](OC)[C@H]2C[C@]4(O)[C@@H]1[C@H]2OC. The Bertz CT molecular complexity index is 844. The van der Waals surface area contributed by atoms with E-state index in [4.69, 9.17) is 18.9 Å². The lowest BCUT2D eigenvalue weighted by Gasteiger charge is -2.72. The lowest BCUT2D eigenvalue weighted by Crippen LogP contribution is -2.86. The van der Waals surface area contributed by atoms with Gasteiger partial charge in [-0.3, -0.25) is 4.90 Å². The van der Waals surface area contributed by atoms with Crippen LogP contribution in [0, 0.1) is 28.6 Å². The van der Waals surface area contributed by atoms with Crippen molar-refractivity contribution in [2.45, 2.75) is 86.8 Å². The van der Waals surface area contributed by atoms with Gasteiger partial charge in [-0.1, -0.05) is 13.8 Å². The van der Waals surface area contributed by atoms with Gasteiger partial charge in [0, 0.05) is 59.2 Å². The summed E-state index contributed by atoms with van der Waals surface area (Å²) in [6.45, 7) is 5.90. The number of likely N-dealkylation sites (N-methyl/N-ethyl adjacent to an activating group) is 1. The standard InChI is InChI=1S/C25H41NO7/c1-7-26-12-21(2)9-8-15(31-4)24-18(21)19(33-6)25(29,20(24)26)23(28)11-14(30-3)13-10-22(24,27)17(23)16(13)32-5/h13-20,27-29H,7-12H2,1-6H3/t13-,14+,15+,16+,17+,18-,19+,20?,21+,22+,23-,24-,25-/m1/s1. The molecule has 6 fully saturated rings. The van der Waals surface area contributed by atoms with Crippen LogP contribution in [0.5, 0.6) is 0 Å². The van der Waals surface area contributed by atoms with E-state index in [0.29, 0.717) is 13.0 Å². The first-order valence-corrected chi connectivity index (χ1v) is 12.6. The van der Waals surface area contributed by atoms with Crippen LogP contribution in [0.1, 0.15) is 39.5 Å². The van der Waals surface area contributed by atoms with Gasteiger partial charge in [0.15, 0.2) is 0 Å². The Morgan fingerprint density at radius 2 is 1.64 bits per heavy atom. The highest BCUT2D eigenvalue weighted by Gasteiger charge is 2.95. The minimum Gasteiger partial charge on any atom is -0.389 e. The van der Waals surface area contributed by atoms with Gasteiger partial charge in [0.1, 0.15) is 11.2 Å². The Hall–Kier alpha value is -0.320. The van der Waals surface area contributed by atoms with E-state index in [2.05, 4.69) is 18.7 Å². The molecular formula is C25H41NO7. The van der Waals surface area contributed by atoms with Crippen molar-refractivity contribution in [1.82, 2.24) is 4.90 Å². The van der Waals surface area contributed by atoms with E-state index >= 15 is 0 Å². The van der Waals surface area contributed by atoms with Crippen molar-refractivity contribution in [2.24, 2.45) is 28.6 Å². The van der Waals surface area contributed by atoms with Crippen molar-refractivity contribution in [2.75, 3.05) is 41.5 Å². The van der Waals surface area contributed by atoms with Crippen LogP contribution in [0.4, 0.5) is 0 Å². The summed E-state index contributed by atoms with van der Waals surface area (Å²) in [5.41, 5.74) is -5.48. The molecule has 6 aliphatic rings. The Labute approximate surface area is 196 Å². The summed E-state index contributed by atoms with van der Waals surface area (Å²) in [6, 6.07) is -0.485. The third kappa shape index (κ3) is 2.05. The molecule has 1 unspecified atom stereocenters. The third-order valence-corrected chi connectivity index (χ3v) is 11.6. The summed E-state index contributed by atoms with van der Waals surface area (Å²) in [4.78, 5) is 2.31. The fourth-order valence-electron chi connectivity index (χ4n) is 11.0. The van der Waals surface area contributed by atoms with Gasteiger partial charge in [-0.2, -0.15) is 0 Å². The van der Waals surface area contributed by atoms with Crippen LogP contribution in [-0.4, -0.2) is 109 Å². The molecule has 8 nitrogen and oxygen atoms in total. The first-order chi connectivity index (χ1) is 15.6. The summed E-state index contributed by atoms with van der Waals surface area (Å²) >= 11 is 0. The predicted molar refractivity (Wildman–Crippen MR) is 119 cm³/mol. The summed E-state index contributed by atoms with van der Waals surface area (Å²) in [5.74, 6) is -0.856. The second kappa shape index (κ2) is 6.71. The highest BCUT2D eigenvalue weighted by Crippen LogP contribution is 2.81. The van der Waals surface area contributed by atoms with E-state index in [9.17, 15) is 15.3 Å². The molecule has 0 aromatic carbocycles. The molecule has 8 heteroatoms. The molecule has 33 heavy (non-hydrogen) atoms. The maximum absolute atomic E-state index is 13.1. The van der Waals surface area contributed by atoms with E-state index in [1.54, 1.807) is 28.4 Å². The fraction of sp³-hybridized carbons (Fsp3) is 1.00. The highest BCUT2D eigenvalue weighted by molar-refractivity contribution is 5.45. The predicted octanol–water partition coefficient (Wildman–Crippen LogP) is 0.414. The number of fused-ring (bicyclic) bond motifs is 2. The number of nitrogens with zero attached hydrogens (tertiary/aromatic N) is 1. The fourth-order valence-corrected chi connectivity index (χ4v) is 11.0. The molecule has 188 valence electrons. The minimum absolute atomic E-state index is 0.0601. The van der Waals surface area contributed by atoms with E-state index in [0.717, 1.165) is 19.4 Å². The molecule has 6 rings (SSSR count). The Morgan fingerprint density at radius 1 is 0.909 bits per heavy atom. The number of rotatable bonds is 5. The van der Waals surface area contributed by atoms with Crippen LogP contribution in [0.2, 0.25) is 0 Å². The van der Waals surface area contributed by atoms with Crippen LogP contribution in [0.3, 0.4) is 0 Å².